The number of nitrogens with zero attached hydrogens (tertiary/aromatic N) is 2. The maximum absolute atomic E-state index is 4.64. The van der Waals surface area contributed by atoms with Crippen LogP contribution in [-0.4, -0.2) is 8.75 Å². The summed E-state index contributed by atoms with van der Waals surface area (Å²) in [6.07, 6.45) is 0. The minimum Gasteiger partial charge on any atom is -0.172 e. The molecule has 2 aliphatic rings. The summed E-state index contributed by atoms with van der Waals surface area (Å²) < 4.78 is 9.28. The first kappa shape index (κ1) is 18.9. The zero-order valence-corrected chi connectivity index (χ0v) is 18.3. The van der Waals surface area contributed by atoms with Gasteiger partial charge in [-0.15, -0.1) is 0 Å². The molecule has 3 aromatic carbocycles. The van der Waals surface area contributed by atoms with Crippen LogP contribution >= 0.6 is 35.3 Å². The van der Waals surface area contributed by atoms with E-state index < -0.39 is 0 Å². The van der Waals surface area contributed by atoms with E-state index in [2.05, 4.69) is 81.5 Å². The molecule has 0 N–H and O–H groups in total. The molecule has 2 nitrogen and oxygen atoms in total. The average Bonchev–Trinajstić information content (AvgIpc) is 3.25. The molecular weight excluding hydrogens is 412 g/mol. The van der Waals surface area contributed by atoms with E-state index in [1.54, 1.807) is 0 Å². The highest BCUT2D eigenvalue weighted by atomic mass is 32.2. The fourth-order valence-corrected chi connectivity index (χ4v) is 5.97. The van der Waals surface area contributed by atoms with Crippen molar-refractivity contribution in [3.05, 3.63) is 95.1 Å². The molecule has 3 heterocycles. The minimum atomic E-state index is 0.989. The summed E-state index contributed by atoms with van der Waals surface area (Å²) in [5, 5.41) is 0. The summed E-state index contributed by atoms with van der Waals surface area (Å²) in [6, 6.07) is 26.6. The zero-order valence-electron chi connectivity index (χ0n) is 15.9. The topological polar surface area (TPSA) is 25.8 Å². The van der Waals surface area contributed by atoms with Crippen LogP contribution in [0.15, 0.2) is 72.8 Å². The lowest BCUT2D eigenvalue weighted by Crippen LogP contribution is -1.90. The number of fused-ring (bicyclic) bond motifs is 6. The third-order valence-electron chi connectivity index (χ3n) is 4.99. The van der Waals surface area contributed by atoms with Gasteiger partial charge in [-0.05, 0) is 34.4 Å². The van der Waals surface area contributed by atoms with Gasteiger partial charge in [-0.25, -0.2) is 0 Å². The van der Waals surface area contributed by atoms with Gasteiger partial charge in [0.15, 0.2) is 0 Å². The molecule has 0 unspecified atom stereocenters. The number of aromatic nitrogens is 2. The van der Waals surface area contributed by atoms with Gasteiger partial charge in [0.1, 0.15) is 11.4 Å². The normalized spacial score (nSPS) is 14.1. The van der Waals surface area contributed by atoms with Crippen LogP contribution in [0.5, 0.6) is 0 Å². The Bertz CT molecular complexity index is 1030. The van der Waals surface area contributed by atoms with Crippen molar-refractivity contribution in [3.63, 3.8) is 0 Å². The van der Waals surface area contributed by atoms with Crippen molar-refractivity contribution in [3.8, 4) is 22.5 Å². The van der Waals surface area contributed by atoms with E-state index >= 15 is 0 Å². The maximum Gasteiger partial charge on any atom is 0.112 e. The van der Waals surface area contributed by atoms with Crippen LogP contribution in [0.4, 0.5) is 0 Å². The fraction of sp³-hybridized carbons (Fsp3) is 0.167. The standard InChI is InChI=1S/C24H20N2S3/c1-3-19-11-21(5-1)23-24(26-29-25-23)22-6-2-4-20(12-22)16-28-14-18-9-7-17(8-10-18)13-27-15-19/h1-12H,13-16H2. The van der Waals surface area contributed by atoms with Gasteiger partial charge in [0.05, 0.1) is 11.7 Å². The highest BCUT2D eigenvalue weighted by Gasteiger charge is 2.14. The van der Waals surface area contributed by atoms with Gasteiger partial charge in [-0.1, -0.05) is 60.7 Å². The van der Waals surface area contributed by atoms with E-state index in [4.69, 9.17) is 0 Å². The maximum atomic E-state index is 4.64. The summed E-state index contributed by atoms with van der Waals surface area (Å²) in [5.41, 5.74) is 9.71. The van der Waals surface area contributed by atoms with Gasteiger partial charge < -0.3 is 0 Å². The molecule has 0 spiro atoms. The molecule has 6 bridgehead atoms. The SMILES string of the molecule is c1cc2cc(c1)-c1nsnc1-c1cccc(c1)CSCc1ccc(cc1)CSC2. The van der Waals surface area contributed by atoms with E-state index in [1.807, 2.05) is 23.5 Å². The predicted octanol–water partition coefficient (Wildman–Crippen LogP) is 7.05. The predicted molar refractivity (Wildman–Crippen MR) is 127 cm³/mol. The molecule has 1 aromatic heterocycles. The molecule has 0 amide bonds. The quantitative estimate of drug-likeness (QED) is 0.297. The third kappa shape index (κ3) is 4.42. The van der Waals surface area contributed by atoms with Crippen molar-refractivity contribution in [2.45, 2.75) is 23.0 Å². The molecular formula is C24H20N2S3. The molecule has 2 aliphatic heterocycles. The van der Waals surface area contributed by atoms with Gasteiger partial charge in [0.25, 0.3) is 0 Å². The first-order valence-corrected chi connectivity index (χ1v) is 12.6. The van der Waals surface area contributed by atoms with Crippen LogP contribution in [0.2, 0.25) is 0 Å². The second-order valence-corrected chi connectivity index (χ2v) is 9.66. The Balaban J connectivity index is 1.54. The average molecular weight is 433 g/mol. The van der Waals surface area contributed by atoms with Crippen molar-refractivity contribution in [2.75, 3.05) is 0 Å². The zero-order chi connectivity index (χ0) is 19.5. The summed E-state index contributed by atoms with van der Waals surface area (Å²) >= 11 is 5.21. The monoisotopic (exact) mass is 432 g/mol. The molecule has 0 saturated heterocycles. The van der Waals surface area contributed by atoms with Gasteiger partial charge in [0, 0.05) is 34.1 Å². The number of benzene rings is 3. The van der Waals surface area contributed by atoms with Crippen LogP contribution in [0, 0.1) is 0 Å². The number of thioether (sulfide) groups is 2. The van der Waals surface area contributed by atoms with Crippen molar-refractivity contribution in [2.24, 2.45) is 0 Å². The van der Waals surface area contributed by atoms with Crippen molar-refractivity contribution >= 4 is 35.3 Å². The molecule has 0 atom stereocenters. The Morgan fingerprint density at radius 2 is 0.966 bits per heavy atom. The largest absolute Gasteiger partial charge is 0.172 e. The smallest absolute Gasteiger partial charge is 0.112 e. The highest BCUT2D eigenvalue weighted by Crippen LogP contribution is 2.33. The Morgan fingerprint density at radius 1 is 0.517 bits per heavy atom. The summed E-state index contributed by atoms with van der Waals surface area (Å²) in [6.45, 7) is 0. The number of hydrogen-bond acceptors (Lipinski definition) is 5. The van der Waals surface area contributed by atoms with Crippen LogP contribution in [0.1, 0.15) is 22.3 Å². The minimum absolute atomic E-state index is 0.989. The molecule has 6 rings (SSSR count). The number of hydrogen-bond donors (Lipinski definition) is 0. The first-order chi connectivity index (χ1) is 14.3. The van der Waals surface area contributed by atoms with Gasteiger partial charge in [-0.2, -0.15) is 32.3 Å². The van der Waals surface area contributed by atoms with E-state index in [0.29, 0.717) is 0 Å². The molecule has 5 heteroatoms. The summed E-state index contributed by atoms with van der Waals surface area (Å²) in [4.78, 5) is 0. The molecule has 0 saturated carbocycles. The van der Waals surface area contributed by atoms with Crippen LogP contribution < -0.4 is 0 Å². The lowest BCUT2D eigenvalue weighted by Gasteiger charge is -2.09. The van der Waals surface area contributed by atoms with Gasteiger partial charge >= 0.3 is 0 Å². The third-order valence-corrected chi connectivity index (χ3v) is 7.67. The summed E-state index contributed by atoms with van der Waals surface area (Å²) in [7, 11) is 0. The summed E-state index contributed by atoms with van der Waals surface area (Å²) in [5.74, 6) is 4.05. The van der Waals surface area contributed by atoms with E-state index in [9.17, 15) is 0 Å². The molecule has 4 aromatic rings. The van der Waals surface area contributed by atoms with E-state index in [-0.39, 0.29) is 0 Å². The molecule has 144 valence electrons. The Hall–Kier alpha value is -2.08. The molecule has 29 heavy (non-hydrogen) atoms. The first-order valence-electron chi connectivity index (χ1n) is 9.60. The van der Waals surface area contributed by atoms with Gasteiger partial charge in [-0.3, -0.25) is 0 Å². The van der Waals surface area contributed by atoms with E-state index in [0.717, 1.165) is 45.5 Å². The Labute approximate surface area is 184 Å². The Kier molecular flexibility index (Phi) is 5.70. The highest BCUT2D eigenvalue weighted by molar-refractivity contribution is 7.98. The van der Waals surface area contributed by atoms with Crippen LogP contribution in [0.3, 0.4) is 0 Å². The fourth-order valence-electron chi connectivity index (χ4n) is 3.49. The van der Waals surface area contributed by atoms with Crippen molar-refractivity contribution < 1.29 is 0 Å². The lowest BCUT2D eigenvalue weighted by atomic mass is 10.0. The molecule has 0 fully saturated rings. The molecule has 0 radical (unpaired) electrons. The second kappa shape index (κ2) is 8.74. The Morgan fingerprint density at radius 3 is 1.45 bits per heavy atom. The second-order valence-electron chi connectivity index (χ2n) is 7.16. The lowest BCUT2D eigenvalue weighted by molar-refractivity contribution is 1.31. The van der Waals surface area contributed by atoms with Gasteiger partial charge in [0.2, 0.25) is 0 Å². The molecule has 0 aliphatic carbocycles. The van der Waals surface area contributed by atoms with Crippen LogP contribution in [-0.2, 0) is 23.0 Å². The van der Waals surface area contributed by atoms with Crippen LogP contribution in [0.25, 0.3) is 22.5 Å². The van der Waals surface area contributed by atoms with Crippen molar-refractivity contribution in [1.29, 1.82) is 0 Å². The van der Waals surface area contributed by atoms with Crippen molar-refractivity contribution in [1.82, 2.24) is 8.75 Å². The van der Waals surface area contributed by atoms with E-state index in [1.165, 1.54) is 34.0 Å². The number of rotatable bonds is 0.